The number of hydrogen-bond acceptors (Lipinski definition) is 4. The fraction of sp³-hybridized carbons (Fsp3) is 0.429. The second kappa shape index (κ2) is 6.33. The quantitative estimate of drug-likeness (QED) is 0.905. The van der Waals surface area contributed by atoms with Gasteiger partial charge >= 0.3 is 6.09 Å². The Bertz CT molecular complexity index is 438. The topological polar surface area (TPSA) is 72.6 Å². The predicted molar refractivity (Wildman–Crippen MR) is 72.3 cm³/mol. The first kappa shape index (κ1) is 15.2. The van der Waals surface area contributed by atoms with Crippen molar-refractivity contribution in [1.29, 1.82) is 0 Å². The van der Waals surface area contributed by atoms with Crippen LogP contribution in [0.1, 0.15) is 26.3 Å². The molecule has 0 spiro atoms. The van der Waals surface area contributed by atoms with Crippen LogP contribution >= 0.6 is 0 Å². The molecule has 0 saturated heterocycles. The molecule has 0 fully saturated rings. The Kier molecular flexibility index (Phi) is 5.06. The molecule has 5 heteroatoms. The number of imide groups is 1. The van der Waals surface area contributed by atoms with Crippen molar-refractivity contribution in [3.63, 3.8) is 0 Å². The highest BCUT2D eigenvalue weighted by atomic mass is 16.6. The Balaban J connectivity index is 2.84. The van der Waals surface area contributed by atoms with Crippen LogP contribution in [0.4, 0.5) is 4.79 Å². The molecule has 2 N–H and O–H groups in total. The molecule has 2 amide bonds. The van der Waals surface area contributed by atoms with E-state index in [1.54, 1.807) is 20.8 Å². The summed E-state index contributed by atoms with van der Waals surface area (Å²) in [5, 5.41) is 0. The monoisotopic (exact) mass is 264 g/mol. The Morgan fingerprint density at radius 2 is 1.79 bits per heavy atom. The summed E-state index contributed by atoms with van der Waals surface area (Å²) in [6.45, 7) is 5.17. The molecule has 1 aromatic rings. The van der Waals surface area contributed by atoms with Crippen LogP contribution < -0.4 is 5.73 Å². The summed E-state index contributed by atoms with van der Waals surface area (Å²) in [6, 6.07) is 9.22. The first-order chi connectivity index (χ1) is 8.83. The number of hydrogen-bond donors (Lipinski definition) is 1. The second-order valence-electron chi connectivity index (χ2n) is 5.15. The summed E-state index contributed by atoms with van der Waals surface area (Å²) in [6.07, 6.45) is -0.674. The van der Waals surface area contributed by atoms with E-state index in [0.29, 0.717) is 0 Å². The van der Waals surface area contributed by atoms with Crippen LogP contribution in [0.3, 0.4) is 0 Å². The minimum atomic E-state index is -0.674. The lowest BCUT2D eigenvalue weighted by molar-refractivity contribution is -0.129. The third-order valence-corrected chi connectivity index (χ3v) is 2.27. The zero-order valence-electron chi connectivity index (χ0n) is 11.6. The SMILES string of the molecule is CC(C)(C)OC(=O)N(Cc1ccccc1)C(=O)CN. The third-order valence-electron chi connectivity index (χ3n) is 2.27. The minimum Gasteiger partial charge on any atom is -0.443 e. The van der Waals surface area contributed by atoms with Gasteiger partial charge in [-0.2, -0.15) is 0 Å². The molecule has 5 nitrogen and oxygen atoms in total. The molecule has 0 aliphatic heterocycles. The van der Waals surface area contributed by atoms with Crippen LogP contribution in [0.5, 0.6) is 0 Å². The normalized spacial score (nSPS) is 10.9. The van der Waals surface area contributed by atoms with Crippen molar-refractivity contribution in [2.24, 2.45) is 5.73 Å². The number of carbonyl (C=O) groups excluding carboxylic acids is 2. The van der Waals surface area contributed by atoms with Crippen molar-refractivity contribution in [3.05, 3.63) is 35.9 Å². The number of rotatable bonds is 3. The highest BCUT2D eigenvalue weighted by Gasteiger charge is 2.26. The molecule has 0 bridgehead atoms. The lowest BCUT2D eigenvalue weighted by Gasteiger charge is -2.26. The summed E-state index contributed by atoms with van der Waals surface area (Å²) in [4.78, 5) is 24.8. The lowest BCUT2D eigenvalue weighted by Crippen LogP contribution is -2.43. The van der Waals surface area contributed by atoms with Gasteiger partial charge in [0.05, 0.1) is 13.1 Å². The maximum atomic E-state index is 12.0. The molecule has 0 radical (unpaired) electrons. The molecular weight excluding hydrogens is 244 g/mol. The van der Waals surface area contributed by atoms with E-state index in [9.17, 15) is 9.59 Å². The van der Waals surface area contributed by atoms with Gasteiger partial charge in [-0.1, -0.05) is 30.3 Å². The number of nitrogens with zero attached hydrogens (tertiary/aromatic N) is 1. The van der Waals surface area contributed by atoms with Crippen molar-refractivity contribution in [3.8, 4) is 0 Å². The molecule has 0 saturated carbocycles. The van der Waals surface area contributed by atoms with E-state index in [1.165, 1.54) is 0 Å². The van der Waals surface area contributed by atoms with Crippen molar-refractivity contribution in [1.82, 2.24) is 4.90 Å². The Morgan fingerprint density at radius 1 is 1.21 bits per heavy atom. The van der Waals surface area contributed by atoms with Gasteiger partial charge in [0.2, 0.25) is 5.91 Å². The largest absolute Gasteiger partial charge is 0.443 e. The van der Waals surface area contributed by atoms with Gasteiger partial charge in [0.25, 0.3) is 0 Å². The molecule has 0 aliphatic carbocycles. The standard InChI is InChI=1S/C14H20N2O3/c1-14(2,3)19-13(18)16(12(17)9-15)10-11-7-5-4-6-8-11/h4-8H,9-10,15H2,1-3H3. The van der Waals surface area contributed by atoms with E-state index in [1.807, 2.05) is 30.3 Å². The zero-order valence-corrected chi connectivity index (χ0v) is 11.6. The molecule has 0 unspecified atom stereocenters. The van der Waals surface area contributed by atoms with Crippen LogP contribution in [-0.4, -0.2) is 29.0 Å². The van der Waals surface area contributed by atoms with Crippen molar-refractivity contribution in [2.45, 2.75) is 32.9 Å². The average Bonchev–Trinajstić information content (AvgIpc) is 2.34. The van der Waals surface area contributed by atoms with Gasteiger partial charge < -0.3 is 10.5 Å². The Hall–Kier alpha value is -1.88. The Morgan fingerprint density at radius 3 is 2.26 bits per heavy atom. The molecule has 0 aliphatic rings. The lowest BCUT2D eigenvalue weighted by atomic mass is 10.2. The van der Waals surface area contributed by atoms with Crippen LogP contribution in [0.2, 0.25) is 0 Å². The van der Waals surface area contributed by atoms with Crippen LogP contribution in [0, 0.1) is 0 Å². The summed E-state index contributed by atoms with van der Waals surface area (Å²) in [5.74, 6) is -0.460. The van der Waals surface area contributed by atoms with Crippen LogP contribution in [0.15, 0.2) is 30.3 Å². The second-order valence-corrected chi connectivity index (χ2v) is 5.15. The number of benzene rings is 1. The fourth-order valence-electron chi connectivity index (χ4n) is 1.45. The highest BCUT2D eigenvalue weighted by Crippen LogP contribution is 2.12. The van der Waals surface area contributed by atoms with Gasteiger partial charge in [0.15, 0.2) is 0 Å². The highest BCUT2D eigenvalue weighted by molar-refractivity contribution is 5.93. The van der Waals surface area contributed by atoms with E-state index in [0.717, 1.165) is 10.5 Å². The average molecular weight is 264 g/mol. The van der Waals surface area contributed by atoms with E-state index in [-0.39, 0.29) is 13.1 Å². The van der Waals surface area contributed by atoms with Crippen LogP contribution in [-0.2, 0) is 16.1 Å². The molecular formula is C14H20N2O3. The third kappa shape index (κ3) is 5.09. The maximum Gasteiger partial charge on any atom is 0.417 e. The maximum absolute atomic E-state index is 12.0. The van der Waals surface area contributed by atoms with E-state index < -0.39 is 17.6 Å². The first-order valence-corrected chi connectivity index (χ1v) is 6.11. The number of amides is 2. The molecule has 104 valence electrons. The van der Waals surface area contributed by atoms with Gasteiger partial charge in [-0.3, -0.25) is 4.79 Å². The summed E-state index contributed by atoms with van der Waals surface area (Å²) in [7, 11) is 0. The number of ether oxygens (including phenoxy) is 1. The van der Waals surface area contributed by atoms with Gasteiger partial charge in [0, 0.05) is 0 Å². The van der Waals surface area contributed by atoms with Crippen LogP contribution in [0.25, 0.3) is 0 Å². The van der Waals surface area contributed by atoms with Gasteiger partial charge in [-0.15, -0.1) is 0 Å². The number of carbonyl (C=O) groups is 2. The zero-order chi connectivity index (χ0) is 14.5. The molecule has 1 rings (SSSR count). The van der Waals surface area contributed by atoms with Gasteiger partial charge in [-0.25, -0.2) is 9.69 Å². The van der Waals surface area contributed by atoms with Crippen molar-refractivity contribution < 1.29 is 14.3 Å². The summed E-state index contributed by atoms with van der Waals surface area (Å²) < 4.78 is 5.21. The molecule has 0 atom stereocenters. The summed E-state index contributed by atoms with van der Waals surface area (Å²) in [5.41, 5.74) is 5.52. The van der Waals surface area contributed by atoms with Gasteiger partial charge in [0.1, 0.15) is 5.60 Å². The minimum absolute atomic E-state index is 0.159. The Labute approximate surface area is 113 Å². The molecule has 1 aromatic carbocycles. The fourth-order valence-corrected chi connectivity index (χ4v) is 1.45. The molecule has 19 heavy (non-hydrogen) atoms. The molecule has 0 aromatic heterocycles. The van der Waals surface area contributed by atoms with Crippen molar-refractivity contribution in [2.75, 3.05) is 6.54 Å². The van der Waals surface area contributed by atoms with E-state index in [4.69, 9.17) is 10.5 Å². The molecule has 0 heterocycles. The first-order valence-electron chi connectivity index (χ1n) is 6.11. The van der Waals surface area contributed by atoms with Gasteiger partial charge in [-0.05, 0) is 26.3 Å². The van der Waals surface area contributed by atoms with E-state index in [2.05, 4.69) is 0 Å². The van der Waals surface area contributed by atoms with E-state index >= 15 is 0 Å². The number of nitrogens with two attached hydrogens (primary N) is 1. The smallest absolute Gasteiger partial charge is 0.417 e. The summed E-state index contributed by atoms with van der Waals surface area (Å²) >= 11 is 0. The predicted octanol–water partition coefficient (Wildman–Crippen LogP) is 1.91. The van der Waals surface area contributed by atoms with Crippen molar-refractivity contribution >= 4 is 12.0 Å².